The Labute approximate surface area is 330 Å². The summed E-state index contributed by atoms with van der Waals surface area (Å²) in [6.07, 6.45) is 27.2. The number of ether oxygens (including phenoxy) is 2. The van der Waals surface area contributed by atoms with Gasteiger partial charge in [-0.3, -0.25) is 4.79 Å². The molecule has 1 heterocycles. The largest absolute Gasteiger partial charge is 0.394 e. The van der Waals surface area contributed by atoms with E-state index in [9.17, 15) is 35.4 Å². The Hall–Kier alpha value is -0.850. The molecule has 1 amide bonds. The van der Waals surface area contributed by atoms with Crippen LogP contribution in [0.15, 0.2) is 0 Å². The molecule has 0 aromatic heterocycles. The van der Waals surface area contributed by atoms with Gasteiger partial charge < -0.3 is 45.4 Å². The Morgan fingerprint density at radius 1 is 0.556 bits per heavy atom. The summed E-state index contributed by atoms with van der Waals surface area (Å²) in [7, 11) is 0. The number of amides is 1. The van der Waals surface area contributed by atoms with E-state index in [0.29, 0.717) is 12.8 Å². The van der Waals surface area contributed by atoms with E-state index in [1.54, 1.807) is 0 Å². The number of aliphatic hydroxyl groups is 6. The normalized spacial score (nSPS) is 22.0. The van der Waals surface area contributed by atoms with Gasteiger partial charge in [-0.05, 0) is 12.8 Å². The van der Waals surface area contributed by atoms with Crippen molar-refractivity contribution in [1.29, 1.82) is 0 Å². The molecule has 1 rings (SSSR count). The molecular weight excluding hydrogens is 686 g/mol. The summed E-state index contributed by atoms with van der Waals surface area (Å²) in [4.78, 5) is 13.0. The Bertz CT molecular complexity index is 834. The Morgan fingerprint density at radius 3 is 1.31 bits per heavy atom. The minimum absolute atomic E-state index is 0.250. The number of hydrogen-bond donors (Lipinski definition) is 7. The molecular formula is C44H87NO9. The summed E-state index contributed by atoms with van der Waals surface area (Å²) >= 11 is 0. The molecule has 0 radical (unpaired) electrons. The fourth-order valence-electron chi connectivity index (χ4n) is 7.52. The van der Waals surface area contributed by atoms with E-state index < -0.39 is 61.5 Å². The van der Waals surface area contributed by atoms with Crippen molar-refractivity contribution >= 4 is 5.91 Å². The highest BCUT2D eigenvalue weighted by atomic mass is 16.7. The number of unbranched alkanes of at least 4 members (excludes halogenated alkanes) is 27. The molecule has 0 aliphatic carbocycles. The topological polar surface area (TPSA) is 169 Å². The predicted molar refractivity (Wildman–Crippen MR) is 218 cm³/mol. The van der Waals surface area contributed by atoms with Gasteiger partial charge in [0.1, 0.15) is 30.5 Å². The molecule has 8 unspecified atom stereocenters. The number of carbonyl (C=O) groups is 1. The third kappa shape index (κ3) is 25.4. The molecule has 0 spiro atoms. The molecule has 0 aromatic carbocycles. The van der Waals surface area contributed by atoms with Crippen LogP contribution in [-0.2, 0) is 14.3 Å². The highest BCUT2D eigenvalue weighted by molar-refractivity contribution is 5.80. The van der Waals surface area contributed by atoms with Crippen molar-refractivity contribution in [3.05, 3.63) is 0 Å². The molecule has 7 N–H and O–H groups in total. The average molecular weight is 774 g/mol. The fraction of sp³-hybridized carbons (Fsp3) is 0.977. The molecule has 10 heteroatoms. The minimum atomic E-state index is -1.59. The zero-order valence-corrected chi connectivity index (χ0v) is 34.9. The zero-order valence-electron chi connectivity index (χ0n) is 34.9. The first-order chi connectivity index (χ1) is 26.3. The lowest BCUT2D eigenvalue weighted by Gasteiger charge is -2.40. The Balaban J connectivity index is 2.40. The van der Waals surface area contributed by atoms with Gasteiger partial charge in [0, 0.05) is 0 Å². The maximum absolute atomic E-state index is 13.0. The van der Waals surface area contributed by atoms with Gasteiger partial charge in [-0.2, -0.15) is 0 Å². The Kier molecular flexibility index (Phi) is 33.5. The SMILES string of the molecule is CCCCCCCCCCCCCCCCCC(O)C(COC1OC(CO)C(O)C(O)C1O)NC(=O)C(O)CCCCCCCCCCCCCCCC. The molecule has 8 atom stereocenters. The van der Waals surface area contributed by atoms with E-state index in [0.717, 1.165) is 38.5 Å². The molecule has 0 aromatic rings. The first-order valence-corrected chi connectivity index (χ1v) is 22.8. The monoisotopic (exact) mass is 774 g/mol. The molecule has 0 saturated carbocycles. The van der Waals surface area contributed by atoms with Crippen molar-refractivity contribution in [2.75, 3.05) is 13.2 Å². The number of rotatable bonds is 38. The number of aliphatic hydroxyl groups excluding tert-OH is 6. The molecule has 10 nitrogen and oxygen atoms in total. The maximum atomic E-state index is 13.0. The lowest BCUT2D eigenvalue weighted by molar-refractivity contribution is -0.302. The third-order valence-electron chi connectivity index (χ3n) is 11.3. The minimum Gasteiger partial charge on any atom is -0.394 e. The van der Waals surface area contributed by atoms with E-state index in [4.69, 9.17) is 9.47 Å². The summed E-state index contributed by atoms with van der Waals surface area (Å²) in [5, 5.41) is 64.8. The van der Waals surface area contributed by atoms with Gasteiger partial charge in [-0.25, -0.2) is 0 Å². The highest BCUT2D eigenvalue weighted by Gasteiger charge is 2.44. The highest BCUT2D eigenvalue weighted by Crippen LogP contribution is 2.23. The molecule has 1 aliphatic heterocycles. The lowest BCUT2D eigenvalue weighted by Crippen LogP contribution is -2.60. The second kappa shape index (κ2) is 35.3. The second-order valence-corrected chi connectivity index (χ2v) is 16.4. The van der Waals surface area contributed by atoms with Gasteiger partial charge >= 0.3 is 0 Å². The molecule has 1 fully saturated rings. The molecule has 1 aliphatic rings. The smallest absolute Gasteiger partial charge is 0.249 e. The van der Waals surface area contributed by atoms with E-state index in [-0.39, 0.29) is 6.61 Å². The van der Waals surface area contributed by atoms with Crippen LogP contribution in [0.2, 0.25) is 0 Å². The lowest BCUT2D eigenvalue weighted by atomic mass is 9.99. The molecule has 1 saturated heterocycles. The van der Waals surface area contributed by atoms with Gasteiger partial charge in [-0.15, -0.1) is 0 Å². The van der Waals surface area contributed by atoms with Crippen molar-refractivity contribution in [3.8, 4) is 0 Å². The van der Waals surface area contributed by atoms with Crippen LogP contribution >= 0.6 is 0 Å². The van der Waals surface area contributed by atoms with Crippen LogP contribution in [0.3, 0.4) is 0 Å². The number of carbonyl (C=O) groups excluding carboxylic acids is 1. The summed E-state index contributed by atoms with van der Waals surface area (Å²) in [5.41, 5.74) is 0. The number of hydrogen-bond acceptors (Lipinski definition) is 9. The first kappa shape index (κ1) is 51.2. The maximum Gasteiger partial charge on any atom is 0.249 e. The van der Waals surface area contributed by atoms with Crippen molar-refractivity contribution in [1.82, 2.24) is 5.32 Å². The summed E-state index contributed by atoms with van der Waals surface area (Å²) < 4.78 is 11.2. The standard InChI is InChI=1S/C44H87NO9/c1-3-5-7-9-11-13-15-17-19-21-22-24-26-28-30-32-37(47)36(35-53-44-42(51)41(50)40(49)39(34-46)54-44)45-43(52)38(48)33-31-29-27-25-23-20-18-16-14-12-10-8-6-4-2/h36-42,44,46-51H,3-35H2,1-2H3,(H,45,52). The predicted octanol–water partition coefficient (Wildman–Crippen LogP) is 8.14. The van der Waals surface area contributed by atoms with Crippen LogP contribution < -0.4 is 5.32 Å². The molecule has 322 valence electrons. The fourth-order valence-corrected chi connectivity index (χ4v) is 7.52. The summed E-state index contributed by atoms with van der Waals surface area (Å²) in [6.45, 7) is 3.67. The Morgan fingerprint density at radius 2 is 0.926 bits per heavy atom. The van der Waals surface area contributed by atoms with E-state index in [1.165, 1.54) is 148 Å². The second-order valence-electron chi connectivity index (χ2n) is 16.4. The van der Waals surface area contributed by atoms with Crippen LogP contribution in [0, 0.1) is 0 Å². The van der Waals surface area contributed by atoms with Crippen molar-refractivity contribution in [3.63, 3.8) is 0 Å². The quantitative estimate of drug-likeness (QED) is 0.0306. The van der Waals surface area contributed by atoms with Crippen molar-refractivity contribution < 1.29 is 44.9 Å². The van der Waals surface area contributed by atoms with Crippen LogP contribution in [0.5, 0.6) is 0 Å². The van der Waals surface area contributed by atoms with Crippen LogP contribution in [0.4, 0.5) is 0 Å². The molecule has 54 heavy (non-hydrogen) atoms. The first-order valence-electron chi connectivity index (χ1n) is 22.8. The third-order valence-corrected chi connectivity index (χ3v) is 11.3. The van der Waals surface area contributed by atoms with Crippen LogP contribution in [-0.4, -0.2) is 98.7 Å². The average Bonchev–Trinajstić information content (AvgIpc) is 3.17. The van der Waals surface area contributed by atoms with Gasteiger partial charge in [0.2, 0.25) is 5.91 Å². The van der Waals surface area contributed by atoms with Gasteiger partial charge in [-0.1, -0.05) is 200 Å². The van der Waals surface area contributed by atoms with Crippen molar-refractivity contribution in [2.45, 2.75) is 262 Å². The van der Waals surface area contributed by atoms with Gasteiger partial charge in [0.15, 0.2) is 6.29 Å². The summed E-state index contributed by atoms with van der Waals surface area (Å²) in [6, 6.07) is -0.887. The van der Waals surface area contributed by atoms with Crippen molar-refractivity contribution in [2.24, 2.45) is 0 Å². The van der Waals surface area contributed by atoms with E-state index in [2.05, 4.69) is 19.2 Å². The van der Waals surface area contributed by atoms with E-state index in [1.807, 2.05) is 0 Å². The van der Waals surface area contributed by atoms with Crippen LogP contribution in [0.1, 0.15) is 213 Å². The van der Waals surface area contributed by atoms with Crippen LogP contribution in [0.25, 0.3) is 0 Å². The molecule has 0 bridgehead atoms. The summed E-state index contributed by atoms with van der Waals surface area (Å²) in [5.74, 6) is -0.581. The van der Waals surface area contributed by atoms with Gasteiger partial charge in [0.05, 0.1) is 25.4 Å². The zero-order chi connectivity index (χ0) is 39.7. The van der Waals surface area contributed by atoms with Gasteiger partial charge in [0.25, 0.3) is 0 Å². The number of nitrogens with one attached hydrogen (secondary N) is 1. The van der Waals surface area contributed by atoms with E-state index >= 15 is 0 Å².